The molecule has 1 fully saturated rings. The predicted octanol–water partition coefficient (Wildman–Crippen LogP) is 3.24. The molecule has 2 N–H and O–H groups in total. The number of carbonyl (C=O) groups is 2. The van der Waals surface area contributed by atoms with E-state index in [1.165, 1.54) is 11.8 Å². The van der Waals surface area contributed by atoms with E-state index in [0.717, 1.165) is 16.9 Å². The Morgan fingerprint density at radius 1 is 1.21 bits per heavy atom. The summed E-state index contributed by atoms with van der Waals surface area (Å²) in [5.74, 6) is -0.394. The van der Waals surface area contributed by atoms with Crippen LogP contribution in [-0.4, -0.2) is 22.2 Å². The van der Waals surface area contributed by atoms with E-state index in [9.17, 15) is 9.59 Å². The van der Waals surface area contributed by atoms with Gasteiger partial charge >= 0.3 is 0 Å². The fourth-order valence-corrected chi connectivity index (χ4v) is 3.31. The number of nitrogens with zero attached hydrogens (tertiary/aromatic N) is 1. The molecular weight excluding hydrogens is 322 g/mol. The third-order valence-electron chi connectivity index (χ3n) is 3.44. The number of amides is 2. The van der Waals surface area contributed by atoms with Gasteiger partial charge in [-0.15, -0.1) is 0 Å². The van der Waals surface area contributed by atoms with Gasteiger partial charge in [0.2, 0.25) is 11.8 Å². The molecule has 1 aliphatic heterocycles. The van der Waals surface area contributed by atoms with Gasteiger partial charge in [-0.1, -0.05) is 42.1 Å². The van der Waals surface area contributed by atoms with Gasteiger partial charge in [0, 0.05) is 12.1 Å². The number of thioether (sulfide) groups is 1. The molecule has 0 saturated carbocycles. The second-order valence-electron chi connectivity index (χ2n) is 5.47. The van der Waals surface area contributed by atoms with E-state index >= 15 is 0 Å². The van der Waals surface area contributed by atoms with Crippen molar-refractivity contribution in [2.75, 3.05) is 5.32 Å². The first-order chi connectivity index (χ1) is 11.6. The smallest absolute Gasteiger partial charge is 0.238 e. The summed E-state index contributed by atoms with van der Waals surface area (Å²) in [6.45, 7) is 1.96. The summed E-state index contributed by atoms with van der Waals surface area (Å²) in [6, 6.07) is 16.9. The molecule has 0 radical (unpaired) electrons. The molecule has 1 aliphatic rings. The molecule has 0 aliphatic carbocycles. The van der Waals surface area contributed by atoms with E-state index in [1.807, 2.05) is 61.5 Å². The third kappa shape index (κ3) is 4.23. The van der Waals surface area contributed by atoms with Crippen molar-refractivity contribution in [1.82, 2.24) is 5.32 Å². The van der Waals surface area contributed by atoms with Crippen molar-refractivity contribution >= 4 is 40.1 Å². The minimum Gasteiger partial charge on any atom is -0.325 e. The Labute approximate surface area is 144 Å². The molecular formula is C18H17N3O2S. The Kier molecular flexibility index (Phi) is 4.96. The number of aryl methyl sites for hydroxylation is 1. The molecule has 1 atom stereocenters. The quantitative estimate of drug-likeness (QED) is 0.902. The summed E-state index contributed by atoms with van der Waals surface area (Å²) >= 11 is 1.27. The van der Waals surface area contributed by atoms with E-state index in [0.29, 0.717) is 5.17 Å². The fourth-order valence-electron chi connectivity index (χ4n) is 2.31. The highest BCUT2D eigenvalue weighted by Crippen LogP contribution is 2.24. The van der Waals surface area contributed by atoms with Gasteiger partial charge in [-0.05, 0) is 36.8 Å². The summed E-state index contributed by atoms with van der Waals surface area (Å²) in [4.78, 5) is 28.7. The third-order valence-corrected chi connectivity index (χ3v) is 4.52. The van der Waals surface area contributed by atoms with Crippen LogP contribution in [0.2, 0.25) is 0 Å². The Morgan fingerprint density at radius 2 is 2.00 bits per heavy atom. The van der Waals surface area contributed by atoms with Crippen LogP contribution in [0.25, 0.3) is 0 Å². The van der Waals surface area contributed by atoms with Crippen LogP contribution in [-0.2, 0) is 9.59 Å². The lowest BCUT2D eigenvalue weighted by Gasteiger charge is -2.22. The van der Waals surface area contributed by atoms with Gasteiger partial charge in [0.1, 0.15) is 5.25 Å². The van der Waals surface area contributed by atoms with Crippen molar-refractivity contribution in [3.8, 4) is 0 Å². The van der Waals surface area contributed by atoms with E-state index in [-0.39, 0.29) is 18.2 Å². The molecule has 2 aromatic rings. The summed E-state index contributed by atoms with van der Waals surface area (Å²) in [6.07, 6.45) is 0.135. The van der Waals surface area contributed by atoms with Gasteiger partial charge in [0.25, 0.3) is 0 Å². The molecule has 1 saturated heterocycles. The molecule has 2 aromatic carbocycles. The van der Waals surface area contributed by atoms with Crippen molar-refractivity contribution in [2.45, 2.75) is 18.6 Å². The maximum Gasteiger partial charge on any atom is 0.238 e. The molecule has 0 aromatic heterocycles. The number of hydrogen-bond donors (Lipinski definition) is 2. The van der Waals surface area contributed by atoms with Crippen LogP contribution in [0.5, 0.6) is 0 Å². The number of para-hydroxylation sites is 1. The van der Waals surface area contributed by atoms with Crippen LogP contribution >= 0.6 is 11.8 Å². The highest BCUT2D eigenvalue weighted by molar-refractivity contribution is 8.15. The molecule has 0 unspecified atom stereocenters. The molecule has 0 spiro atoms. The van der Waals surface area contributed by atoms with Crippen LogP contribution < -0.4 is 10.6 Å². The normalized spacial score (nSPS) is 19.0. The van der Waals surface area contributed by atoms with E-state index in [2.05, 4.69) is 15.6 Å². The largest absolute Gasteiger partial charge is 0.325 e. The number of aliphatic imine (C=N–C) groups is 1. The minimum atomic E-state index is -0.498. The Morgan fingerprint density at radius 3 is 2.75 bits per heavy atom. The number of nitrogens with one attached hydrogen (secondary N) is 2. The topological polar surface area (TPSA) is 70.6 Å². The Bertz CT molecular complexity index is 790. The monoisotopic (exact) mass is 339 g/mol. The van der Waals surface area contributed by atoms with Gasteiger partial charge in [-0.3, -0.25) is 9.59 Å². The van der Waals surface area contributed by atoms with Crippen LogP contribution in [0, 0.1) is 6.92 Å². The maximum absolute atomic E-state index is 12.5. The number of rotatable bonds is 3. The fraction of sp³-hybridized carbons (Fsp3) is 0.167. The van der Waals surface area contributed by atoms with Gasteiger partial charge in [0.15, 0.2) is 5.17 Å². The van der Waals surface area contributed by atoms with E-state index in [1.54, 1.807) is 0 Å². The van der Waals surface area contributed by atoms with Gasteiger partial charge < -0.3 is 10.6 Å². The molecule has 2 amide bonds. The van der Waals surface area contributed by atoms with Gasteiger partial charge in [-0.2, -0.15) is 0 Å². The van der Waals surface area contributed by atoms with Crippen LogP contribution in [0.4, 0.5) is 11.4 Å². The molecule has 24 heavy (non-hydrogen) atoms. The summed E-state index contributed by atoms with van der Waals surface area (Å²) in [5.41, 5.74) is 2.53. The lowest BCUT2D eigenvalue weighted by molar-refractivity contribution is -0.123. The van der Waals surface area contributed by atoms with Crippen LogP contribution in [0.1, 0.15) is 12.0 Å². The van der Waals surface area contributed by atoms with Crippen LogP contribution in [0.3, 0.4) is 0 Å². The SMILES string of the molecule is Cc1cccc(NC(=O)[C@@H]2CC(=O)NC(=Nc3ccccc3)S2)c1. The summed E-state index contributed by atoms with van der Waals surface area (Å²) in [7, 11) is 0. The molecule has 1 heterocycles. The van der Waals surface area contributed by atoms with Crippen molar-refractivity contribution in [1.29, 1.82) is 0 Å². The minimum absolute atomic E-state index is 0.135. The van der Waals surface area contributed by atoms with Crippen molar-refractivity contribution in [3.05, 3.63) is 60.2 Å². The van der Waals surface area contributed by atoms with Crippen LogP contribution in [0.15, 0.2) is 59.6 Å². The standard InChI is InChI=1S/C18H17N3O2S/c1-12-6-5-9-14(10-12)19-17(23)15-11-16(22)21-18(24-15)20-13-7-3-2-4-8-13/h2-10,15H,11H2,1H3,(H,19,23)(H,20,21,22)/t15-/m0/s1. The average molecular weight is 339 g/mol. The average Bonchev–Trinajstić information content (AvgIpc) is 2.55. The Balaban J connectivity index is 1.72. The maximum atomic E-state index is 12.5. The zero-order valence-electron chi connectivity index (χ0n) is 13.2. The van der Waals surface area contributed by atoms with Gasteiger partial charge in [0.05, 0.1) is 5.69 Å². The molecule has 122 valence electrons. The van der Waals surface area contributed by atoms with Crippen molar-refractivity contribution < 1.29 is 9.59 Å². The zero-order chi connectivity index (χ0) is 16.9. The molecule has 0 bridgehead atoms. The second-order valence-corrected chi connectivity index (χ2v) is 6.66. The highest BCUT2D eigenvalue weighted by Gasteiger charge is 2.30. The predicted molar refractivity (Wildman–Crippen MR) is 97.5 cm³/mol. The first-order valence-electron chi connectivity index (χ1n) is 7.58. The molecule has 6 heteroatoms. The number of amidine groups is 1. The lowest BCUT2D eigenvalue weighted by Crippen LogP contribution is -2.41. The highest BCUT2D eigenvalue weighted by atomic mass is 32.2. The zero-order valence-corrected chi connectivity index (χ0v) is 14.0. The number of benzene rings is 2. The second kappa shape index (κ2) is 7.31. The first kappa shape index (κ1) is 16.3. The lowest BCUT2D eigenvalue weighted by atomic mass is 10.2. The summed E-state index contributed by atoms with van der Waals surface area (Å²) < 4.78 is 0. The van der Waals surface area contributed by atoms with Gasteiger partial charge in [-0.25, -0.2) is 4.99 Å². The van der Waals surface area contributed by atoms with E-state index < -0.39 is 5.25 Å². The number of hydrogen-bond acceptors (Lipinski definition) is 4. The first-order valence-corrected chi connectivity index (χ1v) is 8.46. The number of anilines is 1. The van der Waals surface area contributed by atoms with Crippen molar-refractivity contribution in [2.24, 2.45) is 4.99 Å². The molecule has 3 rings (SSSR count). The Hall–Kier alpha value is -2.60. The van der Waals surface area contributed by atoms with E-state index in [4.69, 9.17) is 0 Å². The summed E-state index contributed by atoms with van der Waals surface area (Å²) in [5, 5.41) is 5.53. The molecule has 5 nitrogen and oxygen atoms in total. The van der Waals surface area contributed by atoms with Crippen molar-refractivity contribution in [3.63, 3.8) is 0 Å². The number of carbonyl (C=O) groups excluding carboxylic acids is 2.